The van der Waals surface area contributed by atoms with Crippen LogP contribution in [0.2, 0.25) is 0 Å². The third-order valence-electron chi connectivity index (χ3n) is 3.43. The molecule has 0 saturated carbocycles. The molecule has 0 aliphatic carbocycles. The van der Waals surface area contributed by atoms with E-state index in [4.69, 9.17) is 5.73 Å². The van der Waals surface area contributed by atoms with Crippen LogP contribution in [0.4, 0.5) is 0 Å². The van der Waals surface area contributed by atoms with Crippen molar-refractivity contribution >= 4 is 11.8 Å². The van der Waals surface area contributed by atoms with E-state index in [1.54, 1.807) is 17.0 Å². The third-order valence-corrected chi connectivity index (χ3v) is 3.43. The Bertz CT molecular complexity index is 487. The average Bonchev–Trinajstić information content (AvgIpc) is 2.40. The standard InChI is InChI=1S/C14H19N3O2/c1-17-9-12(5-6-13(17)18)16-8-10-3-2-4-11(7-10)14(15)19/h2-4,7,12,16H,5-6,8-9H2,1H3,(H2,15,19). The minimum absolute atomic E-state index is 0.203. The molecule has 0 aromatic heterocycles. The Hall–Kier alpha value is -1.88. The molecule has 1 aliphatic heterocycles. The molecule has 1 saturated heterocycles. The van der Waals surface area contributed by atoms with Crippen molar-refractivity contribution in [2.45, 2.75) is 25.4 Å². The number of nitrogens with zero attached hydrogens (tertiary/aromatic N) is 1. The molecular formula is C14H19N3O2. The number of primary amides is 1. The minimum Gasteiger partial charge on any atom is -0.366 e. The maximum atomic E-state index is 11.4. The van der Waals surface area contributed by atoms with E-state index < -0.39 is 5.91 Å². The van der Waals surface area contributed by atoms with E-state index >= 15 is 0 Å². The second-order valence-electron chi connectivity index (χ2n) is 4.96. The minimum atomic E-state index is -0.412. The number of hydrogen-bond acceptors (Lipinski definition) is 3. The van der Waals surface area contributed by atoms with Gasteiger partial charge in [0.1, 0.15) is 0 Å². The van der Waals surface area contributed by atoms with Crippen LogP contribution in [-0.2, 0) is 11.3 Å². The van der Waals surface area contributed by atoms with Gasteiger partial charge in [-0.3, -0.25) is 9.59 Å². The van der Waals surface area contributed by atoms with E-state index in [1.807, 2.05) is 19.2 Å². The van der Waals surface area contributed by atoms with Gasteiger partial charge >= 0.3 is 0 Å². The van der Waals surface area contributed by atoms with Gasteiger partial charge < -0.3 is 16.0 Å². The highest BCUT2D eigenvalue weighted by Crippen LogP contribution is 2.11. The second kappa shape index (κ2) is 5.84. The first-order valence-corrected chi connectivity index (χ1v) is 6.42. The smallest absolute Gasteiger partial charge is 0.248 e. The lowest BCUT2D eigenvalue weighted by Gasteiger charge is -2.30. The Morgan fingerprint density at radius 2 is 2.32 bits per heavy atom. The number of piperidine rings is 1. The highest BCUT2D eigenvalue weighted by atomic mass is 16.2. The van der Waals surface area contributed by atoms with Gasteiger partial charge in [-0.1, -0.05) is 12.1 Å². The summed E-state index contributed by atoms with van der Waals surface area (Å²) >= 11 is 0. The molecule has 5 heteroatoms. The molecule has 1 unspecified atom stereocenters. The summed E-state index contributed by atoms with van der Waals surface area (Å²) in [5.74, 6) is -0.210. The van der Waals surface area contributed by atoms with Crippen LogP contribution in [0, 0.1) is 0 Å². The predicted molar refractivity (Wildman–Crippen MR) is 72.5 cm³/mol. The summed E-state index contributed by atoms with van der Waals surface area (Å²) in [6, 6.07) is 7.59. The topological polar surface area (TPSA) is 75.4 Å². The van der Waals surface area contributed by atoms with E-state index in [9.17, 15) is 9.59 Å². The van der Waals surface area contributed by atoms with Crippen LogP contribution >= 0.6 is 0 Å². The number of hydrogen-bond donors (Lipinski definition) is 2. The summed E-state index contributed by atoms with van der Waals surface area (Å²) in [6.45, 7) is 1.40. The van der Waals surface area contributed by atoms with Gasteiger partial charge in [0, 0.05) is 38.2 Å². The number of carbonyl (C=O) groups excluding carboxylic acids is 2. The molecule has 0 radical (unpaired) electrons. The van der Waals surface area contributed by atoms with Gasteiger partial charge in [-0.15, -0.1) is 0 Å². The van der Waals surface area contributed by atoms with Crippen LogP contribution in [0.3, 0.4) is 0 Å². The first kappa shape index (κ1) is 13.5. The number of benzene rings is 1. The fourth-order valence-corrected chi connectivity index (χ4v) is 2.28. The van der Waals surface area contributed by atoms with Crippen molar-refractivity contribution < 1.29 is 9.59 Å². The Labute approximate surface area is 112 Å². The van der Waals surface area contributed by atoms with Crippen molar-refractivity contribution in [2.75, 3.05) is 13.6 Å². The van der Waals surface area contributed by atoms with Crippen molar-refractivity contribution in [2.24, 2.45) is 5.73 Å². The second-order valence-corrected chi connectivity index (χ2v) is 4.96. The molecule has 1 heterocycles. The van der Waals surface area contributed by atoms with Crippen molar-refractivity contribution in [3.05, 3.63) is 35.4 Å². The average molecular weight is 261 g/mol. The van der Waals surface area contributed by atoms with Crippen LogP contribution in [0.1, 0.15) is 28.8 Å². The largest absolute Gasteiger partial charge is 0.366 e. The first-order valence-electron chi connectivity index (χ1n) is 6.42. The Kier molecular flexibility index (Phi) is 4.16. The van der Waals surface area contributed by atoms with Gasteiger partial charge in [0.2, 0.25) is 11.8 Å². The zero-order valence-corrected chi connectivity index (χ0v) is 11.1. The molecule has 2 amide bonds. The Morgan fingerprint density at radius 3 is 3.00 bits per heavy atom. The molecule has 0 bridgehead atoms. The molecule has 102 valence electrons. The highest BCUT2D eigenvalue weighted by Gasteiger charge is 2.22. The normalized spacial score (nSPS) is 19.5. The molecular weight excluding hydrogens is 242 g/mol. The summed E-state index contributed by atoms with van der Waals surface area (Å²) in [6.07, 6.45) is 1.45. The van der Waals surface area contributed by atoms with Crippen LogP contribution in [0.5, 0.6) is 0 Å². The summed E-state index contributed by atoms with van der Waals surface area (Å²) in [5.41, 5.74) is 6.80. The quantitative estimate of drug-likeness (QED) is 0.828. The summed E-state index contributed by atoms with van der Waals surface area (Å²) in [7, 11) is 1.82. The maximum absolute atomic E-state index is 11.4. The van der Waals surface area contributed by atoms with E-state index in [1.165, 1.54) is 0 Å². The van der Waals surface area contributed by atoms with Crippen LogP contribution in [0.15, 0.2) is 24.3 Å². The number of likely N-dealkylation sites (N-methyl/N-ethyl adjacent to an activating group) is 1. The zero-order valence-electron chi connectivity index (χ0n) is 11.1. The van der Waals surface area contributed by atoms with Crippen molar-refractivity contribution in [3.8, 4) is 0 Å². The third kappa shape index (κ3) is 3.54. The van der Waals surface area contributed by atoms with Crippen LogP contribution < -0.4 is 11.1 Å². The highest BCUT2D eigenvalue weighted by molar-refractivity contribution is 5.92. The Balaban J connectivity index is 1.90. The molecule has 19 heavy (non-hydrogen) atoms. The number of nitrogens with two attached hydrogens (primary N) is 1. The number of rotatable bonds is 4. The van der Waals surface area contributed by atoms with E-state index in [-0.39, 0.29) is 5.91 Å². The first-order chi connectivity index (χ1) is 9.06. The number of nitrogens with one attached hydrogen (secondary N) is 1. The van der Waals surface area contributed by atoms with Crippen LogP contribution in [0.25, 0.3) is 0 Å². The van der Waals surface area contributed by atoms with Gasteiger partial charge in [-0.25, -0.2) is 0 Å². The van der Waals surface area contributed by atoms with E-state index in [0.717, 1.165) is 18.5 Å². The molecule has 1 atom stereocenters. The molecule has 2 rings (SSSR count). The van der Waals surface area contributed by atoms with Gasteiger partial charge in [0.05, 0.1) is 0 Å². The molecule has 5 nitrogen and oxygen atoms in total. The zero-order chi connectivity index (χ0) is 13.8. The number of amides is 2. The lowest BCUT2D eigenvalue weighted by atomic mass is 10.0. The van der Waals surface area contributed by atoms with Crippen molar-refractivity contribution in [3.63, 3.8) is 0 Å². The summed E-state index contributed by atoms with van der Waals surface area (Å²) in [4.78, 5) is 24.2. The fourth-order valence-electron chi connectivity index (χ4n) is 2.28. The monoisotopic (exact) mass is 261 g/mol. The maximum Gasteiger partial charge on any atom is 0.248 e. The van der Waals surface area contributed by atoms with E-state index in [2.05, 4.69) is 5.32 Å². The van der Waals surface area contributed by atoms with Gasteiger partial charge in [-0.05, 0) is 24.1 Å². The van der Waals surface area contributed by atoms with Gasteiger partial charge in [0.15, 0.2) is 0 Å². The molecule has 1 fully saturated rings. The lowest BCUT2D eigenvalue weighted by Crippen LogP contribution is -2.46. The fraction of sp³-hybridized carbons (Fsp3) is 0.429. The Morgan fingerprint density at radius 1 is 1.53 bits per heavy atom. The predicted octanol–water partition coefficient (Wildman–Crippen LogP) is 0.496. The van der Waals surface area contributed by atoms with Crippen LogP contribution in [-0.4, -0.2) is 36.3 Å². The van der Waals surface area contributed by atoms with E-state index in [0.29, 0.717) is 24.6 Å². The number of likely N-dealkylation sites (tertiary alicyclic amines) is 1. The molecule has 1 aromatic rings. The van der Waals surface area contributed by atoms with Gasteiger partial charge in [0.25, 0.3) is 0 Å². The molecule has 0 spiro atoms. The van der Waals surface area contributed by atoms with Crippen molar-refractivity contribution in [1.29, 1.82) is 0 Å². The molecule has 3 N–H and O–H groups in total. The number of carbonyl (C=O) groups is 2. The van der Waals surface area contributed by atoms with Gasteiger partial charge in [-0.2, -0.15) is 0 Å². The molecule has 1 aliphatic rings. The SMILES string of the molecule is CN1CC(NCc2cccc(C(N)=O)c2)CCC1=O. The lowest BCUT2D eigenvalue weighted by molar-refractivity contribution is -0.132. The summed E-state index contributed by atoms with van der Waals surface area (Å²) in [5, 5.41) is 3.41. The summed E-state index contributed by atoms with van der Waals surface area (Å²) < 4.78 is 0. The molecule has 1 aromatic carbocycles. The van der Waals surface area contributed by atoms with Crippen molar-refractivity contribution in [1.82, 2.24) is 10.2 Å².